The zero-order valence-corrected chi connectivity index (χ0v) is 9.50. The summed E-state index contributed by atoms with van der Waals surface area (Å²) in [7, 11) is 1.48. The molecule has 0 saturated carbocycles. The van der Waals surface area contributed by atoms with Crippen LogP contribution in [0.15, 0.2) is 23.0 Å². The summed E-state index contributed by atoms with van der Waals surface area (Å²) in [6.45, 7) is 3.75. The fourth-order valence-electron chi connectivity index (χ4n) is 2.12. The molecule has 1 aromatic carbocycles. The van der Waals surface area contributed by atoms with E-state index in [9.17, 15) is 9.70 Å². The molecule has 0 aliphatic carbocycles. The molecule has 2 rings (SSSR count). The highest BCUT2D eigenvalue weighted by molar-refractivity contribution is 5.86. The van der Waals surface area contributed by atoms with Crippen molar-refractivity contribution in [2.24, 2.45) is 0 Å². The summed E-state index contributed by atoms with van der Waals surface area (Å²) < 4.78 is 0.856. The number of H-pyrrole nitrogens is 1. The monoisotopic (exact) mass is 217 g/mol. The molecule has 0 radical (unpaired) electrons. The number of hydrogen-bond acceptors (Lipinski definition) is 2. The van der Waals surface area contributed by atoms with Gasteiger partial charge in [0.15, 0.2) is 7.05 Å². The molecule has 82 valence electrons. The molecule has 0 spiro atoms. The summed E-state index contributed by atoms with van der Waals surface area (Å²) in [4.78, 5) is 25.4. The van der Waals surface area contributed by atoms with E-state index in [1.807, 2.05) is 19.9 Å². The van der Waals surface area contributed by atoms with E-state index in [0.717, 1.165) is 26.8 Å². The number of nitrogens with one attached hydrogen (secondary N) is 1. The first-order valence-electron chi connectivity index (χ1n) is 5.05. The maximum absolute atomic E-state index is 11.4. The standard InChI is InChI=1S/C12H12N2O2/c1-7-6-10-9(4-5-11(15)13-10)8(2)12(7)14(3)16/h4-6H,1-3H3/p+1. The maximum Gasteiger partial charge on any atom is 0.262 e. The number of pyridine rings is 1. The smallest absolute Gasteiger partial charge is 0.262 e. The molecule has 16 heavy (non-hydrogen) atoms. The molecule has 0 atom stereocenters. The minimum atomic E-state index is -0.130. The van der Waals surface area contributed by atoms with Gasteiger partial charge < -0.3 is 4.98 Å². The molecule has 1 N–H and O–H groups in total. The minimum Gasteiger partial charge on any atom is -0.322 e. The molecular formula is C12H13N2O2+. The van der Waals surface area contributed by atoms with Crippen molar-refractivity contribution in [3.63, 3.8) is 0 Å². The van der Waals surface area contributed by atoms with Crippen LogP contribution in [-0.4, -0.2) is 16.8 Å². The lowest BCUT2D eigenvalue weighted by atomic mass is 10.0. The number of nitroso groups, excluding NO2 is 1. The van der Waals surface area contributed by atoms with Gasteiger partial charge in [0.25, 0.3) is 5.69 Å². The summed E-state index contributed by atoms with van der Waals surface area (Å²) in [5.41, 5.74) is 3.07. The van der Waals surface area contributed by atoms with Crippen molar-refractivity contribution in [2.75, 3.05) is 7.05 Å². The molecule has 0 fully saturated rings. The number of fused-ring (bicyclic) bond motifs is 1. The van der Waals surface area contributed by atoms with E-state index in [4.69, 9.17) is 0 Å². The fourth-order valence-corrected chi connectivity index (χ4v) is 2.12. The Kier molecular flexibility index (Phi) is 2.34. The summed E-state index contributed by atoms with van der Waals surface area (Å²) in [6, 6.07) is 5.04. The second-order valence-electron chi connectivity index (χ2n) is 3.95. The Bertz CT molecular complexity index is 641. The van der Waals surface area contributed by atoms with Crippen molar-refractivity contribution in [3.8, 4) is 0 Å². The lowest BCUT2D eigenvalue weighted by molar-refractivity contribution is -0.429. The number of nitrogens with zero attached hydrogens (tertiary/aromatic N) is 1. The van der Waals surface area contributed by atoms with Gasteiger partial charge in [-0.15, -0.1) is 0 Å². The molecular weight excluding hydrogens is 204 g/mol. The molecule has 0 saturated heterocycles. The molecule has 4 heteroatoms. The van der Waals surface area contributed by atoms with E-state index < -0.39 is 0 Å². The molecule has 0 amide bonds. The van der Waals surface area contributed by atoms with E-state index in [2.05, 4.69) is 4.98 Å². The first-order chi connectivity index (χ1) is 7.50. The third-order valence-corrected chi connectivity index (χ3v) is 2.76. The van der Waals surface area contributed by atoms with E-state index in [0.29, 0.717) is 5.69 Å². The van der Waals surface area contributed by atoms with Crippen LogP contribution in [0.4, 0.5) is 5.69 Å². The summed E-state index contributed by atoms with van der Waals surface area (Å²) in [5, 5.41) is 0.905. The largest absolute Gasteiger partial charge is 0.322 e. The lowest BCUT2D eigenvalue weighted by Gasteiger charge is -2.04. The van der Waals surface area contributed by atoms with Crippen LogP contribution in [0.25, 0.3) is 10.9 Å². The topological polar surface area (TPSA) is 52.9 Å². The van der Waals surface area contributed by atoms with Gasteiger partial charge in [0.1, 0.15) is 0 Å². The highest BCUT2D eigenvalue weighted by Gasteiger charge is 2.18. The second-order valence-corrected chi connectivity index (χ2v) is 3.95. The van der Waals surface area contributed by atoms with Crippen molar-refractivity contribution < 1.29 is 4.76 Å². The second kappa shape index (κ2) is 3.56. The predicted molar refractivity (Wildman–Crippen MR) is 63.3 cm³/mol. The Balaban J connectivity index is 2.94. The number of aromatic amines is 1. The first kappa shape index (κ1) is 10.5. The van der Waals surface area contributed by atoms with Crippen LogP contribution < -0.4 is 5.56 Å². The summed E-state index contributed by atoms with van der Waals surface area (Å²) in [5.74, 6) is 0. The lowest BCUT2D eigenvalue weighted by Crippen LogP contribution is -2.05. The van der Waals surface area contributed by atoms with Gasteiger partial charge >= 0.3 is 0 Å². The Morgan fingerprint density at radius 2 is 1.94 bits per heavy atom. The van der Waals surface area contributed by atoms with Gasteiger partial charge in [0, 0.05) is 37.8 Å². The number of hydrogen-bond donors (Lipinski definition) is 1. The number of aryl methyl sites for hydroxylation is 2. The van der Waals surface area contributed by atoms with Gasteiger partial charge in [0.2, 0.25) is 5.56 Å². The predicted octanol–water partition coefficient (Wildman–Crippen LogP) is 2.19. The summed E-state index contributed by atoms with van der Waals surface area (Å²) >= 11 is 0. The Hall–Kier alpha value is -1.97. The molecule has 4 nitrogen and oxygen atoms in total. The molecule has 2 aromatic rings. The van der Waals surface area contributed by atoms with Gasteiger partial charge in [-0.05, 0) is 26.0 Å². The van der Waals surface area contributed by atoms with Crippen molar-refractivity contribution >= 4 is 16.6 Å². The average Bonchev–Trinajstić information content (AvgIpc) is 2.15. The summed E-state index contributed by atoms with van der Waals surface area (Å²) in [6.07, 6.45) is 0. The Labute approximate surface area is 92.5 Å². The van der Waals surface area contributed by atoms with Gasteiger partial charge in [-0.2, -0.15) is 0 Å². The highest BCUT2D eigenvalue weighted by atomic mass is 16.3. The van der Waals surface area contributed by atoms with E-state index >= 15 is 0 Å². The maximum atomic E-state index is 11.4. The molecule has 0 unspecified atom stereocenters. The Morgan fingerprint density at radius 3 is 2.56 bits per heavy atom. The van der Waals surface area contributed by atoms with E-state index in [1.165, 1.54) is 13.1 Å². The molecule has 0 bridgehead atoms. The van der Waals surface area contributed by atoms with E-state index in [1.54, 1.807) is 6.07 Å². The first-order valence-corrected chi connectivity index (χ1v) is 5.05. The van der Waals surface area contributed by atoms with Crippen LogP contribution >= 0.6 is 0 Å². The number of benzene rings is 1. The third kappa shape index (κ3) is 1.52. The van der Waals surface area contributed by atoms with Gasteiger partial charge in [-0.1, -0.05) is 0 Å². The molecule has 0 aliphatic rings. The average molecular weight is 217 g/mol. The van der Waals surface area contributed by atoms with Crippen molar-refractivity contribution in [3.05, 3.63) is 44.6 Å². The van der Waals surface area contributed by atoms with Crippen molar-refractivity contribution in [1.82, 2.24) is 4.98 Å². The van der Waals surface area contributed by atoms with Gasteiger partial charge in [0.05, 0.1) is 0 Å². The SMILES string of the molecule is Cc1cc2[nH]c(=O)ccc2c(C)c1[N+](C)=O. The van der Waals surface area contributed by atoms with E-state index in [-0.39, 0.29) is 5.56 Å². The molecule has 1 heterocycles. The van der Waals surface area contributed by atoms with Crippen LogP contribution in [0.2, 0.25) is 0 Å². The zero-order valence-electron chi connectivity index (χ0n) is 9.50. The quantitative estimate of drug-likeness (QED) is 0.744. The normalized spacial score (nSPS) is 10.7. The van der Waals surface area contributed by atoms with Crippen LogP contribution in [0.5, 0.6) is 0 Å². The zero-order chi connectivity index (χ0) is 11.9. The van der Waals surface area contributed by atoms with Gasteiger partial charge in [-0.3, -0.25) is 4.79 Å². The Morgan fingerprint density at radius 1 is 1.25 bits per heavy atom. The highest BCUT2D eigenvalue weighted by Crippen LogP contribution is 2.28. The van der Waals surface area contributed by atoms with Gasteiger partial charge in [-0.25, -0.2) is 0 Å². The van der Waals surface area contributed by atoms with Crippen LogP contribution in [0.1, 0.15) is 11.1 Å². The van der Waals surface area contributed by atoms with Crippen molar-refractivity contribution in [1.29, 1.82) is 0 Å². The van der Waals surface area contributed by atoms with Crippen LogP contribution in [0.3, 0.4) is 0 Å². The van der Waals surface area contributed by atoms with Crippen molar-refractivity contribution in [2.45, 2.75) is 13.8 Å². The van der Waals surface area contributed by atoms with Crippen LogP contribution in [-0.2, 0) is 0 Å². The minimum absolute atomic E-state index is 0.130. The van der Waals surface area contributed by atoms with Crippen LogP contribution in [0, 0.1) is 18.8 Å². The fraction of sp³-hybridized carbons (Fsp3) is 0.250. The number of aromatic nitrogens is 1. The molecule has 1 aromatic heterocycles. The number of rotatable bonds is 1. The third-order valence-electron chi connectivity index (χ3n) is 2.76. The molecule has 0 aliphatic heterocycles.